The van der Waals surface area contributed by atoms with Gasteiger partial charge in [0.2, 0.25) is 0 Å². The molecule has 0 bridgehead atoms. The molecule has 0 radical (unpaired) electrons. The molecule has 0 amide bonds. The normalized spacial score (nSPS) is 11.8. The van der Waals surface area contributed by atoms with Gasteiger partial charge in [-0.2, -0.15) is 0 Å². The van der Waals surface area contributed by atoms with Crippen LogP contribution in [0, 0.1) is 12.7 Å². The molecule has 0 spiro atoms. The summed E-state index contributed by atoms with van der Waals surface area (Å²) in [5.74, 6) is -0.0487. The third-order valence-electron chi connectivity index (χ3n) is 2.32. The summed E-state index contributed by atoms with van der Waals surface area (Å²) in [5, 5.41) is 20.1. The van der Waals surface area contributed by atoms with E-state index in [0.29, 0.717) is 16.9 Å². The largest absolute Gasteiger partial charge is 0.409 e. The quantitative estimate of drug-likeness (QED) is 0.298. The second-order valence-electron chi connectivity index (χ2n) is 3.67. The Morgan fingerprint density at radius 1 is 1.53 bits per heavy atom. The fourth-order valence-corrected chi connectivity index (χ4v) is 3.16. The van der Waals surface area contributed by atoms with Gasteiger partial charge in [0.05, 0.1) is 0 Å². The summed E-state index contributed by atoms with van der Waals surface area (Å²) in [5.41, 5.74) is 6.27. The van der Waals surface area contributed by atoms with Crippen molar-refractivity contribution in [1.82, 2.24) is 10.2 Å². The Kier molecular flexibility index (Phi) is 4.33. The zero-order valence-electron chi connectivity index (χ0n) is 10.00. The molecule has 0 aliphatic carbocycles. The third-order valence-corrected chi connectivity index (χ3v) is 4.34. The maximum Gasteiger partial charge on any atom is 0.174 e. The van der Waals surface area contributed by atoms with Crippen LogP contribution in [0.25, 0.3) is 0 Å². The van der Waals surface area contributed by atoms with E-state index in [1.54, 1.807) is 12.1 Å². The number of benzene rings is 1. The van der Waals surface area contributed by atoms with Crippen molar-refractivity contribution in [2.24, 2.45) is 10.9 Å². The summed E-state index contributed by atoms with van der Waals surface area (Å²) in [7, 11) is 0. The summed E-state index contributed by atoms with van der Waals surface area (Å²) in [6.45, 7) is 1.87. The van der Waals surface area contributed by atoms with Crippen molar-refractivity contribution in [2.45, 2.75) is 17.0 Å². The van der Waals surface area contributed by atoms with E-state index >= 15 is 0 Å². The molecule has 1 aromatic heterocycles. The minimum Gasteiger partial charge on any atom is -0.409 e. The molecule has 8 heteroatoms. The van der Waals surface area contributed by atoms with Crippen LogP contribution in [0.4, 0.5) is 4.39 Å². The molecule has 19 heavy (non-hydrogen) atoms. The van der Waals surface area contributed by atoms with Crippen molar-refractivity contribution in [3.8, 4) is 0 Å². The van der Waals surface area contributed by atoms with Crippen LogP contribution in [0.15, 0.2) is 27.7 Å². The molecule has 3 N–H and O–H groups in total. The Morgan fingerprint density at radius 2 is 2.32 bits per heavy atom. The molecule has 0 fully saturated rings. The molecule has 0 saturated carbocycles. The van der Waals surface area contributed by atoms with E-state index in [4.69, 9.17) is 10.9 Å². The fraction of sp³-hybridized carbons (Fsp3) is 0.182. The highest BCUT2D eigenvalue weighted by Crippen LogP contribution is 2.26. The monoisotopic (exact) mass is 298 g/mol. The van der Waals surface area contributed by atoms with Crippen molar-refractivity contribution in [3.05, 3.63) is 40.2 Å². The van der Waals surface area contributed by atoms with Gasteiger partial charge in [-0.1, -0.05) is 40.4 Å². The lowest BCUT2D eigenvalue weighted by molar-refractivity contribution is 0.318. The first kappa shape index (κ1) is 13.8. The number of thioether (sulfide) groups is 1. The van der Waals surface area contributed by atoms with E-state index in [1.165, 1.54) is 29.2 Å². The van der Waals surface area contributed by atoms with Crippen LogP contribution in [0.1, 0.15) is 16.1 Å². The van der Waals surface area contributed by atoms with E-state index < -0.39 is 5.82 Å². The van der Waals surface area contributed by atoms with E-state index in [9.17, 15) is 4.39 Å². The van der Waals surface area contributed by atoms with Gasteiger partial charge in [-0.25, -0.2) is 4.39 Å². The molecule has 0 aliphatic heterocycles. The van der Waals surface area contributed by atoms with Crippen molar-refractivity contribution in [1.29, 1.82) is 0 Å². The van der Waals surface area contributed by atoms with Gasteiger partial charge in [0.25, 0.3) is 0 Å². The third kappa shape index (κ3) is 3.42. The molecule has 0 aliphatic rings. The van der Waals surface area contributed by atoms with Crippen molar-refractivity contribution in [3.63, 3.8) is 0 Å². The number of hydrogen-bond donors (Lipinski definition) is 2. The van der Waals surface area contributed by atoms with Crippen LogP contribution in [-0.2, 0) is 5.75 Å². The second-order valence-corrected chi connectivity index (χ2v) is 6.07. The predicted molar refractivity (Wildman–Crippen MR) is 73.1 cm³/mol. The molecule has 0 unspecified atom stereocenters. The van der Waals surface area contributed by atoms with Gasteiger partial charge in [0.15, 0.2) is 10.2 Å². The number of nitrogens with zero attached hydrogens (tertiary/aromatic N) is 3. The molecular formula is C11H11FN4OS2. The van der Waals surface area contributed by atoms with Gasteiger partial charge in [-0.3, -0.25) is 0 Å². The molecule has 0 saturated heterocycles. The zero-order valence-corrected chi connectivity index (χ0v) is 11.6. The Labute approximate surface area is 117 Å². The Morgan fingerprint density at radius 3 is 2.89 bits per heavy atom. The summed E-state index contributed by atoms with van der Waals surface area (Å²) in [6, 6.07) is 4.47. The number of amidine groups is 1. The van der Waals surface area contributed by atoms with Crippen molar-refractivity contribution >= 4 is 28.9 Å². The first-order valence-electron chi connectivity index (χ1n) is 5.29. The first-order chi connectivity index (χ1) is 9.10. The maximum absolute atomic E-state index is 13.8. The van der Waals surface area contributed by atoms with E-state index in [1.807, 2.05) is 6.92 Å². The van der Waals surface area contributed by atoms with Gasteiger partial charge in [0.1, 0.15) is 10.8 Å². The number of rotatable bonds is 4. The minimum absolute atomic E-state index is 0.113. The number of halogens is 1. The number of aryl methyl sites for hydroxylation is 1. The summed E-state index contributed by atoms with van der Waals surface area (Å²) >= 11 is 2.89. The summed E-state index contributed by atoms with van der Waals surface area (Å²) in [6.07, 6.45) is 0. The van der Waals surface area contributed by atoms with Crippen molar-refractivity contribution in [2.75, 3.05) is 0 Å². The van der Waals surface area contributed by atoms with E-state index in [-0.39, 0.29) is 5.84 Å². The van der Waals surface area contributed by atoms with Crippen LogP contribution in [0.5, 0.6) is 0 Å². The molecule has 5 nitrogen and oxygen atoms in total. The second kappa shape index (κ2) is 5.98. The van der Waals surface area contributed by atoms with Crippen LogP contribution >= 0.6 is 23.1 Å². The zero-order chi connectivity index (χ0) is 13.8. The fourth-order valence-electron chi connectivity index (χ4n) is 1.36. The smallest absolute Gasteiger partial charge is 0.174 e. The number of oxime groups is 1. The Balaban J connectivity index is 2.09. The van der Waals surface area contributed by atoms with Crippen LogP contribution in [0.3, 0.4) is 0 Å². The number of hydrogen-bond acceptors (Lipinski definition) is 6. The minimum atomic E-state index is -0.391. The average Bonchev–Trinajstić information content (AvgIpc) is 2.82. The first-order valence-corrected chi connectivity index (χ1v) is 7.09. The van der Waals surface area contributed by atoms with E-state index in [2.05, 4.69) is 15.4 Å². The standard InChI is InChI=1S/C11H11FN4OS2/c1-6-14-15-11(19-6)18-5-8-3-2-7(4-9(8)12)10(13)16-17/h2-4,17H,5H2,1H3,(H2,13,16). The Hall–Kier alpha value is -1.67. The predicted octanol–water partition coefficient (Wildman–Crippen LogP) is 2.37. The molecule has 1 heterocycles. The van der Waals surface area contributed by atoms with Gasteiger partial charge in [-0.15, -0.1) is 10.2 Å². The Bertz CT molecular complexity index is 614. The molecular weight excluding hydrogens is 287 g/mol. The molecule has 2 aromatic rings. The van der Waals surface area contributed by atoms with Crippen LogP contribution in [-0.4, -0.2) is 21.2 Å². The molecule has 2 rings (SSSR count). The van der Waals surface area contributed by atoms with Crippen LogP contribution in [0.2, 0.25) is 0 Å². The average molecular weight is 298 g/mol. The highest BCUT2D eigenvalue weighted by atomic mass is 32.2. The molecule has 1 aromatic carbocycles. The lowest BCUT2D eigenvalue weighted by atomic mass is 10.1. The van der Waals surface area contributed by atoms with Gasteiger partial charge in [0, 0.05) is 11.3 Å². The summed E-state index contributed by atoms with van der Waals surface area (Å²) < 4.78 is 14.6. The van der Waals surface area contributed by atoms with Crippen molar-refractivity contribution < 1.29 is 9.60 Å². The number of nitrogens with two attached hydrogens (primary N) is 1. The van der Waals surface area contributed by atoms with Crippen LogP contribution < -0.4 is 5.73 Å². The van der Waals surface area contributed by atoms with Gasteiger partial charge in [-0.05, 0) is 18.6 Å². The highest BCUT2D eigenvalue weighted by molar-refractivity contribution is 8.00. The maximum atomic E-state index is 13.8. The SMILES string of the molecule is Cc1nnc(SCc2ccc(/C(N)=N/O)cc2F)s1. The summed E-state index contributed by atoms with van der Waals surface area (Å²) in [4.78, 5) is 0. The lowest BCUT2D eigenvalue weighted by Crippen LogP contribution is -2.13. The topological polar surface area (TPSA) is 84.4 Å². The lowest BCUT2D eigenvalue weighted by Gasteiger charge is -2.04. The molecule has 100 valence electrons. The van der Waals surface area contributed by atoms with E-state index in [0.717, 1.165) is 9.35 Å². The van der Waals surface area contributed by atoms with Gasteiger partial charge < -0.3 is 10.9 Å². The number of aromatic nitrogens is 2. The molecule has 0 atom stereocenters. The highest BCUT2D eigenvalue weighted by Gasteiger charge is 2.08. The van der Waals surface area contributed by atoms with Gasteiger partial charge >= 0.3 is 0 Å².